The quantitative estimate of drug-likeness (QED) is 0.656. The van der Waals surface area contributed by atoms with Crippen LogP contribution in [0.4, 0.5) is 4.79 Å². The molecule has 0 aromatic heterocycles. The van der Waals surface area contributed by atoms with Crippen LogP contribution in [-0.2, 0) is 11.3 Å². The van der Waals surface area contributed by atoms with Crippen LogP contribution in [0.3, 0.4) is 0 Å². The van der Waals surface area contributed by atoms with E-state index in [2.05, 4.69) is 5.32 Å². The SMILES string of the molecule is COc1cc(Cl)cc(C(O)C(O)CCNC(=O)OCc2ccccc2)c1. The molecule has 7 heteroatoms. The van der Waals surface area contributed by atoms with Gasteiger partial charge in [0.25, 0.3) is 0 Å². The molecule has 2 aromatic rings. The molecule has 6 nitrogen and oxygen atoms in total. The molecule has 26 heavy (non-hydrogen) atoms. The Bertz CT molecular complexity index is 710. The molecule has 0 saturated heterocycles. The van der Waals surface area contributed by atoms with Gasteiger partial charge in [-0.15, -0.1) is 0 Å². The van der Waals surface area contributed by atoms with Crippen LogP contribution in [0, 0.1) is 0 Å². The Kier molecular flexibility index (Phi) is 7.72. The Labute approximate surface area is 157 Å². The third-order valence-corrected chi connectivity index (χ3v) is 3.98. The lowest BCUT2D eigenvalue weighted by Crippen LogP contribution is -2.29. The maximum absolute atomic E-state index is 11.7. The number of methoxy groups -OCH3 is 1. The molecule has 3 N–H and O–H groups in total. The largest absolute Gasteiger partial charge is 0.497 e. The number of carbonyl (C=O) groups is 1. The number of carbonyl (C=O) groups excluding carboxylic acids is 1. The van der Waals surface area contributed by atoms with Crippen molar-refractivity contribution in [1.82, 2.24) is 5.32 Å². The summed E-state index contributed by atoms with van der Waals surface area (Å²) in [5.41, 5.74) is 1.32. The van der Waals surface area contributed by atoms with Gasteiger partial charge in [-0.3, -0.25) is 0 Å². The highest BCUT2D eigenvalue weighted by atomic mass is 35.5. The van der Waals surface area contributed by atoms with Gasteiger partial charge < -0.3 is 25.0 Å². The first-order valence-corrected chi connectivity index (χ1v) is 8.52. The lowest BCUT2D eigenvalue weighted by molar-refractivity contribution is 0.0135. The van der Waals surface area contributed by atoms with Crippen LogP contribution in [0.5, 0.6) is 5.75 Å². The van der Waals surface area contributed by atoms with Crippen LogP contribution in [-0.4, -0.2) is 36.1 Å². The maximum atomic E-state index is 11.7. The molecule has 140 valence electrons. The number of hydrogen-bond donors (Lipinski definition) is 3. The molecule has 0 saturated carbocycles. The summed E-state index contributed by atoms with van der Waals surface area (Å²) in [5.74, 6) is 0.487. The molecule has 0 spiro atoms. The molecule has 0 aliphatic rings. The minimum Gasteiger partial charge on any atom is -0.497 e. The van der Waals surface area contributed by atoms with Crippen molar-refractivity contribution in [2.45, 2.75) is 25.2 Å². The van der Waals surface area contributed by atoms with Gasteiger partial charge in [-0.1, -0.05) is 41.9 Å². The standard InChI is InChI=1S/C19H22ClNO5/c1-25-16-10-14(9-15(20)11-16)18(23)17(22)7-8-21-19(24)26-12-13-5-3-2-4-6-13/h2-6,9-11,17-18,22-23H,7-8,12H2,1H3,(H,21,24). The van der Waals surface area contributed by atoms with Crippen molar-refractivity contribution in [3.63, 3.8) is 0 Å². The molecule has 0 aliphatic carbocycles. The van der Waals surface area contributed by atoms with Crippen molar-refractivity contribution in [2.24, 2.45) is 0 Å². The van der Waals surface area contributed by atoms with E-state index in [0.29, 0.717) is 16.3 Å². The van der Waals surface area contributed by atoms with Crippen molar-refractivity contribution in [2.75, 3.05) is 13.7 Å². The number of halogens is 1. The molecule has 0 aliphatic heterocycles. The lowest BCUT2D eigenvalue weighted by atomic mass is 10.0. The predicted octanol–water partition coefficient (Wildman–Crippen LogP) is 3.06. The molecule has 2 rings (SSSR count). The van der Waals surface area contributed by atoms with Crippen molar-refractivity contribution < 1.29 is 24.5 Å². The van der Waals surface area contributed by atoms with Crippen LogP contribution < -0.4 is 10.1 Å². The highest BCUT2D eigenvalue weighted by Crippen LogP contribution is 2.27. The monoisotopic (exact) mass is 379 g/mol. The molecular formula is C19H22ClNO5. The second kappa shape index (κ2) is 10.0. The average molecular weight is 380 g/mol. The second-order valence-electron chi connectivity index (χ2n) is 5.71. The van der Waals surface area contributed by atoms with Crippen molar-refractivity contribution in [3.8, 4) is 5.75 Å². The van der Waals surface area contributed by atoms with Crippen LogP contribution in [0.2, 0.25) is 5.02 Å². The fourth-order valence-electron chi connectivity index (χ4n) is 2.35. The first kappa shape index (κ1) is 20.0. The van der Waals surface area contributed by atoms with E-state index < -0.39 is 18.3 Å². The summed E-state index contributed by atoms with van der Waals surface area (Å²) >= 11 is 5.96. The van der Waals surface area contributed by atoms with Gasteiger partial charge in [0.15, 0.2) is 0 Å². The number of nitrogens with one attached hydrogen (secondary N) is 1. The van der Waals surface area contributed by atoms with Crippen molar-refractivity contribution in [1.29, 1.82) is 0 Å². The number of amides is 1. The lowest BCUT2D eigenvalue weighted by Gasteiger charge is -2.19. The van der Waals surface area contributed by atoms with Gasteiger partial charge in [-0.05, 0) is 35.7 Å². The molecule has 2 aromatic carbocycles. The predicted molar refractivity (Wildman–Crippen MR) is 98.2 cm³/mol. The van der Waals surface area contributed by atoms with Crippen LogP contribution >= 0.6 is 11.6 Å². The first-order valence-electron chi connectivity index (χ1n) is 8.14. The number of aliphatic hydroxyl groups is 2. The fourth-order valence-corrected chi connectivity index (χ4v) is 2.58. The Morgan fingerprint density at radius 2 is 1.92 bits per heavy atom. The van der Waals surface area contributed by atoms with Crippen LogP contribution in [0.1, 0.15) is 23.7 Å². The Morgan fingerprint density at radius 1 is 1.19 bits per heavy atom. The minimum atomic E-state index is -1.15. The van der Waals surface area contributed by atoms with Crippen molar-refractivity contribution >= 4 is 17.7 Å². The number of ether oxygens (including phenoxy) is 2. The number of rotatable bonds is 8. The summed E-state index contributed by atoms with van der Waals surface area (Å²) in [4.78, 5) is 11.7. The van der Waals surface area contributed by atoms with Crippen LogP contribution in [0.25, 0.3) is 0 Å². The third kappa shape index (κ3) is 6.22. The zero-order chi connectivity index (χ0) is 18.9. The molecule has 1 amide bonds. The van der Waals surface area contributed by atoms with Gasteiger partial charge in [0.1, 0.15) is 18.5 Å². The van der Waals surface area contributed by atoms with E-state index >= 15 is 0 Å². The normalized spacial score (nSPS) is 12.9. The fraction of sp³-hybridized carbons (Fsp3) is 0.316. The maximum Gasteiger partial charge on any atom is 0.407 e. The smallest absolute Gasteiger partial charge is 0.407 e. The summed E-state index contributed by atoms with van der Waals surface area (Å²) in [7, 11) is 1.49. The van der Waals surface area contributed by atoms with E-state index in [9.17, 15) is 15.0 Å². The molecule has 2 atom stereocenters. The van der Waals surface area contributed by atoms with E-state index in [4.69, 9.17) is 21.1 Å². The van der Waals surface area contributed by atoms with Gasteiger partial charge >= 0.3 is 6.09 Å². The number of hydrogen-bond acceptors (Lipinski definition) is 5. The van der Waals surface area contributed by atoms with Crippen LogP contribution in [0.15, 0.2) is 48.5 Å². The number of alkyl carbamates (subject to hydrolysis) is 1. The minimum absolute atomic E-state index is 0.149. The summed E-state index contributed by atoms with van der Waals surface area (Å²) in [5, 5.41) is 23.3. The van der Waals surface area contributed by atoms with E-state index in [0.717, 1.165) is 5.56 Å². The number of aliphatic hydroxyl groups excluding tert-OH is 2. The van der Waals surface area contributed by atoms with E-state index in [-0.39, 0.29) is 19.6 Å². The zero-order valence-corrected chi connectivity index (χ0v) is 15.1. The summed E-state index contributed by atoms with van der Waals surface area (Å²) in [6.07, 6.45) is -2.66. The highest BCUT2D eigenvalue weighted by molar-refractivity contribution is 6.30. The molecule has 2 unspecified atom stereocenters. The van der Waals surface area contributed by atoms with E-state index in [1.54, 1.807) is 18.2 Å². The molecule has 0 radical (unpaired) electrons. The highest BCUT2D eigenvalue weighted by Gasteiger charge is 2.19. The Hall–Kier alpha value is -2.28. The molecule has 0 bridgehead atoms. The molecular weight excluding hydrogens is 358 g/mol. The summed E-state index contributed by atoms with van der Waals surface area (Å²) in [6, 6.07) is 14.1. The van der Waals surface area contributed by atoms with Gasteiger partial charge in [0.2, 0.25) is 0 Å². The first-order chi connectivity index (χ1) is 12.5. The van der Waals surface area contributed by atoms with Gasteiger partial charge in [-0.2, -0.15) is 0 Å². The number of benzene rings is 2. The van der Waals surface area contributed by atoms with Gasteiger partial charge in [0.05, 0.1) is 13.2 Å². The average Bonchev–Trinajstić information content (AvgIpc) is 2.65. The Balaban J connectivity index is 1.76. The molecule has 0 fully saturated rings. The van der Waals surface area contributed by atoms with E-state index in [1.165, 1.54) is 7.11 Å². The van der Waals surface area contributed by atoms with Gasteiger partial charge in [0, 0.05) is 11.6 Å². The van der Waals surface area contributed by atoms with Crippen molar-refractivity contribution in [3.05, 3.63) is 64.7 Å². The van der Waals surface area contributed by atoms with Gasteiger partial charge in [-0.25, -0.2) is 4.79 Å². The van der Waals surface area contributed by atoms with E-state index in [1.807, 2.05) is 30.3 Å². The Morgan fingerprint density at radius 3 is 2.62 bits per heavy atom. The summed E-state index contributed by atoms with van der Waals surface area (Å²) < 4.78 is 10.2. The second-order valence-corrected chi connectivity index (χ2v) is 6.15. The summed E-state index contributed by atoms with van der Waals surface area (Å²) in [6.45, 7) is 0.323. The zero-order valence-electron chi connectivity index (χ0n) is 14.4. The third-order valence-electron chi connectivity index (χ3n) is 3.76. The molecule has 0 heterocycles. The topological polar surface area (TPSA) is 88.0 Å².